The van der Waals surface area contributed by atoms with Gasteiger partial charge in [-0.3, -0.25) is 9.10 Å². The molecule has 0 saturated carbocycles. The van der Waals surface area contributed by atoms with E-state index < -0.39 is 10.0 Å². The second-order valence-corrected chi connectivity index (χ2v) is 8.00. The lowest BCUT2D eigenvalue weighted by molar-refractivity contribution is 0.0993. The number of benzene rings is 3. The average molecular weight is 380 g/mol. The molecule has 3 aromatic carbocycles. The number of para-hydroxylation sites is 2. The molecule has 6 heteroatoms. The van der Waals surface area contributed by atoms with Gasteiger partial charge in [0, 0.05) is 25.3 Å². The van der Waals surface area contributed by atoms with Crippen molar-refractivity contribution in [2.75, 3.05) is 23.3 Å². The second kappa shape index (κ2) is 7.63. The van der Waals surface area contributed by atoms with E-state index in [1.165, 1.54) is 40.5 Å². The third kappa shape index (κ3) is 3.85. The quantitative estimate of drug-likeness (QED) is 0.677. The monoisotopic (exact) mass is 380 g/mol. The van der Waals surface area contributed by atoms with Crippen LogP contribution in [0.2, 0.25) is 0 Å². The summed E-state index contributed by atoms with van der Waals surface area (Å²) in [4.78, 5) is 14.3. The molecule has 0 spiro atoms. The highest BCUT2D eigenvalue weighted by molar-refractivity contribution is 7.92. The van der Waals surface area contributed by atoms with Crippen molar-refractivity contribution in [1.29, 1.82) is 0 Å². The molecule has 0 saturated heterocycles. The van der Waals surface area contributed by atoms with Crippen LogP contribution in [0.25, 0.3) is 0 Å². The van der Waals surface area contributed by atoms with Crippen molar-refractivity contribution in [2.45, 2.75) is 4.90 Å². The Labute approximate surface area is 159 Å². The maximum atomic E-state index is 12.8. The summed E-state index contributed by atoms with van der Waals surface area (Å²) in [5.74, 6) is -0.207. The largest absolute Gasteiger partial charge is 0.311 e. The lowest BCUT2D eigenvalue weighted by Gasteiger charge is -2.20. The van der Waals surface area contributed by atoms with Gasteiger partial charge >= 0.3 is 0 Å². The molecule has 138 valence electrons. The Morgan fingerprint density at radius 3 is 1.70 bits per heavy atom. The van der Waals surface area contributed by atoms with Crippen molar-refractivity contribution in [3.63, 3.8) is 0 Å². The van der Waals surface area contributed by atoms with Crippen molar-refractivity contribution in [3.05, 3.63) is 90.5 Å². The Morgan fingerprint density at radius 2 is 1.19 bits per heavy atom. The highest BCUT2D eigenvalue weighted by Gasteiger charge is 2.22. The fourth-order valence-electron chi connectivity index (χ4n) is 2.67. The number of nitrogens with zero attached hydrogens (tertiary/aromatic N) is 2. The molecule has 0 fully saturated rings. The summed E-state index contributed by atoms with van der Waals surface area (Å²) < 4.78 is 26.8. The van der Waals surface area contributed by atoms with Crippen LogP contribution in [-0.4, -0.2) is 28.4 Å². The molecule has 3 rings (SSSR count). The van der Waals surface area contributed by atoms with E-state index in [0.717, 1.165) is 5.69 Å². The van der Waals surface area contributed by atoms with E-state index in [1.807, 2.05) is 36.4 Å². The smallest absolute Gasteiger partial charge is 0.264 e. The van der Waals surface area contributed by atoms with Gasteiger partial charge in [0.2, 0.25) is 0 Å². The van der Waals surface area contributed by atoms with Crippen molar-refractivity contribution >= 4 is 27.3 Å². The lowest BCUT2D eigenvalue weighted by Crippen LogP contribution is -2.27. The summed E-state index contributed by atoms with van der Waals surface area (Å²) in [6.45, 7) is 0. The van der Waals surface area contributed by atoms with Gasteiger partial charge in [-0.1, -0.05) is 36.4 Å². The van der Waals surface area contributed by atoms with Gasteiger partial charge in [-0.25, -0.2) is 8.42 Å². The van der Waals surface area contributed by atoms with E-state index in [4.69, 9.17) is 0 Å². The normalized spacial score (nSPS) is 11.0. The van der Waals surface area contributed by atoms with Crippen LogP contribution in [0.1, 0.15) is 10.4 Å². The topological polar surface area (TPSA) is 57.7 Å². The standard InChI is InChI=1S/C21H20N2O3S/c1-22(18-9-5-3-6-10-18)21(24)17-13-15-20(16-14-17)27(25,26)23(2)19-11-7-4-8-12-19/h3-16H,1-2H3. The minimum Gasteiger partial charge on any atom is -0.311 e. The summed E-state index contributed by atoms with van der Waals surface area (Å²) in [6, 6.07) is 24.1. The summed E-state index contributed by atoms with van der Waals surface area (Å²) in [5, 5.41) is 0. The Morgan fingerprint density at radius 1 is 0.704 bits per heavy atom. The van der Waals surface area contributed by atoms with Gasteiger partial charge in [0.1, 0.15) is 0 Å². The SMILES string of the molecule is CN(C(=O)c1ccc(S(=O)(=O)N(C)c2ccccc2)cc1)c1ccccc1. The predicted octanol–water partition coefficient (Wildman–Crippen LogP) is 3.79. The number of carbonyl (C=O) groups is 1. The minimum atomic E-state index is -3.70. The molecule has 0 unspecified atom stereocenters. The first-order valence-electron chi connectivity index (χ1n) is 8.38. The Kier molecular flexibility index (Phi) is 5.28. The van der Waals surface area contributed by atoms with E-state index >= 15 is 0 Å². The van der Waals surface area contributed by atoms with Crippen LogP contribution >= 0.6 is 0 Å². The van der Waals surface area contributed by atoms with Gasteiger partial charge in [-0.2, -0.15) is 0 Å². The molecule has 0 aliphatic heterocycles. The maximum absolute atomic E-state index is 12.8. The fraction of sp³-hybridized carbons (Fsp3) is 0.0952. The molecule has 1 amide bonds. The summed E-state index contributed by atoms with van der Waals surface area (Å²) in [7, 11) is -0.506. The van der Waals surface area contributed by atoms with E-state index in [1.54, 1.807) is 31.3 Å². The van der Waals surface area contributed by atoms with Crippen LogP contribution in [0.4, 0.5) is 11.4 Å². The fourth-order valence-corrected chi connectivity index (χ4v) is 3.86. The summed E-state index contributed by atoms with van der Waals surface area (Å²) >= 11 is 0. The van der Waals surface area contributed by atoms with Crippen LogP contribution in [0.5, 0.6) is 0 Å². The van der Waals surface area contributed by atoms with Gasteiger partial charge in [-0.05, 0) is 48.5 Å². The third-order valence-electron chi connectivity index (χ3n) is 4.33. The molecule has 0 bridgehead atoms. The maximum Gasteiger partial charge on any atom is 0.264 e. The van der Waals surface area contributed by atoms with Crippen molar-refractivity contribution < 1.29 is 13.2 Å². The molecule has 0 atom stereocenters. The highest BCUT2D eigenvalue weighted by Crippen LogP contribution is 2.22. The van der Waals surface area contributed by atoms with Crippen LogP contribution in [0.15, 0.2) is 89.8 Å². The molecule has 0 radical (unpaired) electrons. The average Bonchev–Trinajstić information content (AvgIpc) is 2.73. The van der Waals surface area contributed by atoms with Gasteiger partial charge < -0.3 is 4.90 Å². The molecule has 0 N–H and O–H groups in total. The molecule has 0 aromatic heterocycles. The van der Waals surface area contributed by atoms with Crippen LogP contribution in [-0.2, 0) is 10.0 Å². The van der Waals surface area contributed by atoms with Crippen LogP contribution in [0, 0.1) is 0 Å². The minimum absolute atomic E-state index is 0.132. The van der Waals surface area contributed by atoms with E-state index in [2.05, 4.69) is 0 Å². The summed E-state index contributed by atoms with van der Waals surface area (Å²) in [5.41, 5.74) is 1.76. The number of hydrogen-bond donors (Lipinski definition) is 0. The number of amides is 1. The first kappa shape index (κ1) is 18.7. The highest BCUT2D eigenvalue weighted by atomic mass is 32.2. The van der Waals surface area contributed by atoms with Crippen molar-refractivity contribution in [3.8, 4) is 0 Å². The molecule has 0 aliphatic carbocycles. The zero-order valence-electron chi connectivity index (χ0n) is 15.1. The molecule has 0 heterocycles. The zero-order chi connectivity index (χ0) is 19.4. The van der Waals surface area contributed by atoms with Gasteiger partial charge in [0.15, 0.2) is 0 Å². The first-order valence-corrected chi connectivity index (χ1v) is 9.82. The van der Waals surface area contributed by atoms with E-state index in [-0.39, 0.29) is 10.8 Å². The number of hydrogen-bond acceptors (Lipinski definition) is 3. The van der Waals surface area contributed by atoms with Crippen LogP contribution in [0.3, 0.4) is 0 Å². The van der Waals surface area contributed by atoms with E-state index in [9.17, 15) is 13.2 Å². The molecule has 3 aromatic rings. The second-order valence-electron chi connectivity index (χ2n) is 6.03. The number of sulfonamides is 1. The van der Waals surface area contributed by atoms with Crippen molar-refractivity contribution in [2.24, 2.45) is 0 Å². The molecular weight excluding hydrogens is 360 g/mol. The molecule has 27 heavy (non-hydrogen) atoms. The number of carbonyl (C=O) groups excluding carboxylic acids is 1. The molecule has 5 nitrogen and oxygen atoms in total. The Hall–Kier alpha value is -3.12. The van der Waals surface area contributed by atoms with E-state index in [0.29, 0.717) is 11.3 Å². The zero-order valence-corrected chi connectivity index (χ0v) is 15.9. The van der Waals surface area contributed by atoms with Crippen molar-refractivity contribution in [1.82, 2.24) is 0 Å². The number of rotatable bonds is 5. The Bertz CT molecular complexity index is 1020. The first-order chi connectivity index (χ1) is 12.9. The molecule has 0 aliphatic rings. The van der Waals surface area contributed by atoms with Gasteiger partial charge in [-0.15, -0.1) is 0 Å². The Balaban J connectivity index is 1.83. The predicted molar refractivity (Wildman–Crippen MR) is 108 cm³/mol. The number of anilines is 2. The molecular formula is C21H20N2O3S. The lowest BCUT2D eigenvalue weighted by atomic mass is 10.2. The third-order valence-corrected chi connectivity index (χ3v) is 6.13. The summed E-state index contributed by atoms with van der Waals surface area (Å²) in [6.07, 6.45) is 0. The van der Waals surface area contributed by atoms with Gasteiger partial charge in [0.05, 0.1) is 10.6 Å². The van der Waals surface area contributed by atoms with Gasteiger partial charge in [0.25, 0.3) is 15.9 Å². The van der Waals surface area contributed by atoms with Crippen LogP contribution < -0.4 is 9.21 Å².